The average molecular weight is 820 g/mol. The molecule has 2 aromatic carbocycles. The van der Waals surface area contributed by atoms with Crippen LogP contribution in [0.15, 0.2) is 33.2 Å². The molecule has 0 aliphatic rings. The van der Waals surface area contributed by atoms with Crippen molar-refractivity contribution in [1.29, 1.82) is 0 Å². The zero-order chi connectivity index (χ0) is 25.1. The molecule has 0 spiro atoms. The third-order valence-electron chi connectivity index (χ3n) is 6.37. The fourth-order valence-electron chi connectivity index (χ4n) is 3.90. The van der Waals surface area contributed by atoms with Crippen LogP contribution in [0.3, 0.4) is 0 Å². The highest BCUT2D eigenvalue weighted by atomic mass is 127. The van der Waals surface area contributed by atoms with Gasteiger partial charge in [-0.25, -0.2) is 0 Å². The smallest absolute Gasteiger partial charge is 0.134 e. The van der Waals surface area contributed by atoms with E-state index >= 15 is 0 Å². The molecule has 0 aromatic heterocycles. The predicted octanol–water partition coefficient (Wildman–Crippen LogP) is 11.3. The lowest BCUT2D eigenvalue weighted by Gasteiger charge is -2.19. The summed E-state index contributed by atoms with van der Waals surface area (Å²) in [6.45, 7) is 10.5. The Balaban J connectivity index is 2.28. The van der Waals surface area contributed by atoms with Crippen molar-refractivity contribution in [3.63, 3.8) is 0 Å². The van der Waals surface area contributed by atoms with Crippen LogP contribution in [0, 0.1) is 19.0 Å². The minimum atomic E-state index is 0.599. The van der Waals surface area contributed by atoms with Crippen LogP contribution < -0.4 is 9.47 Å². The molecule has 34 heavy (non-hydrogen) atoms. The summed E-state index contributed by atoms with van der Waals surface area (Å²) in [6.07, 6.45) is 9.74. The van der Waals surface area contributed by atoms with Crippen molar-refractivity contribution in [2.75, 3.05) is 13.2 Å². The first kappa shape index (κ1) is 30.7. The summed E-state index contributed by atoms with van der Waals surface area (Å²) >= 11 is 12.3. The van der Waals surface area contributed by atoms with Gasteiger partial charge in [-0.3, -0.25) is 0 Å². The minimum absolute atomic E-state index is 0.599. The molecule has 2 nitrogen and oxygen atoms in total. The van der Waals surface area contributed by atoms with Gasteiger partial charge >= 0.3 is 0 Å². The Labute approximate surface area is 251 Å². The van der Waals surface area contributed by atoms with E-state index in [0.29, 0.717) is 11.8 Å². The van der Waals surface area contributed by atoms with Gasteiger partial charge in [0.05, 0.1) is 22.2 Å². The lowest BCUT2D eigenvalue weighted by Crippen LogP contribution is -2.12. The van der Waals surface area contributed by atoms with E-state index in [2.05, 4.69) is 129 Å². The SMILES string of the molecule is CCCCC(CC)COc1cc(-c2cc(OCC(CC)CCCC)c(Br)cc2I)c(I)cc1Br. The molecule has 2 aromatic rings. The van der Waals surface area contributed by atoms with Crippen LogP contribution in [0.25, 0.3) is 11.1 Å². The molecule has 2 atom stereocenters. The fraction of sp³-hybridized carbons (Fsp3) is 0.571. The maximum atomic E-state index is 6.34. The Morgan fingerprint density at radius 1 is 0.676 bits per heavy atom. The van der Waals surface area contributed by atoms with Crippen molar-refractivity contribution in [3.05, 3.63) is 40.4 Å². The van der Waals surface area contributed by atoms with Crippen LogP contribution in [-0.2, 0) is 0 Å². The quantitative estimate of drug-likeness (QED) is 0.167. The van der Waals surface area contributed by atoms with Crippen molar-refractivity contribution in [2.45, 2.75) is 79.1 Å². The van der Waals surface area contributed by atoms with E-state index in [1.807, 2.05) is 0 Å². The Morgan fingerprint density at radius 3 is 1.38 bits per heavy atom. The first-order valence-electron chi connectivity index (χ1n) is 12.6. The lowest BCUT2D eigenvalue weighted by atomic mass is 10.0. The largest absolute Gasteiger partial charge is 0.492 e. The minimum Gasteiger partial charge on any atom is -0.492 e. The van der Waals surface area contributed by atoms with Crippen LogP contribution in [0.4, 0.5) is 0 Å². The molecule has 0 bridgehead atoms. The van der Waals surface area contributed by atoms with Crippen molar-refractivity contribution in [2.24, 2.45) is 11.8 Å². The summed E-state index contributed by atoms with van der Waals surface area (Å²) in [5.41, 5.74) is 2.36. The van der Waals surface area contributed by atoms with Crippen molar-refractivity contribution < 1.29 is 9.47 Å². The van der Waals surface area contributed by atoms with Crippen LogP contribution in [0.5, 0.6) is 11.5 Å². The maximum Gasteiger partial charge on any atom is 0.134 e. The molecule has 0 N–H and O–H groups in total. The molecule has 6 heteroatoms. The highest BCUT2D eigenvalue weighted by Crippen LogP contribution is 2.41. The van der Waals surface area contributed by atoms with Gasteiger partial charge < -0.3 is 9.47 Å². The summed E-state index contributed by atoms with van der Waals surface area (Å²) in [7, 11) is 0. The van der Waals surface area contributed by atoms with Crippen molar-refractivity contribution >= 4 is 77.0 Å². The topological polar surface area (TPSA) is 18.5 Å². The van der Waals surface area contributed by atoms with Gasteiger partial charge in [0, 0.05) is 7.14 Å². The van der Waals surface area contributed by atoms with Crippen molar-refractivity contribution in [3.8, 4) is 22.6 Å². The van der Waals surface area contributed by atoms with Gasteiger partial charge in [0.1, 0.15) is 11.5 Å². The third kappa shape index (κ3) is 9.40. The summed E-state index contributed by atoms with van der Waals surface area (Å²) < 4.78 is 17.1. The summed E-state index contributed by atoms with van der Waals surface area (Å²) in [6, 6.07) is 8.69. The van der Waals surface area contributed by atoms with Crippen LogP contribution in [-0.4, -0.2) is 13.2 Å². The van der Waals surface area contributed by atoms with E-state index in [4.69, 9.17) is 9.47 Å². The van der Waals surface area contributed by atoms with E-state index in [-0.39, 0.29) is 0 Å². The molecule has 190 valence electrons. The van der Waals surface area contributed by atoms with Gasteiger partial charge in [0.15, 0.2) is 0 Å². The first-order valence-corrected chi connectivity index (χ1v) is 16.3. The summed E-state index contributed by atoms with van der Waals surface area (Å²) in [5, 5.41) is 0. The van der Waals surface area contributed by atoms with Gasteiger partial charge in [0.2, 0.25) is 0 Å². The normalized spacial score (nSPS) is 13.1. The highest BCUT2D eigenvalue weighted by Gasteiger charge is 2.17. The molecule has 0 amide bonds. The molecular weight excluding hydrogens is 782 g/mol. The number of benzene rings is 2. The number of unbranched alkanes of at least 4 members (excludes halogenated alkanes) is 2. The predicted molar refractivity (Wildman–Crippen MR) is 170 cm³/mol. The van der Waals surface area contributed by atoms with E-state index in [1.165, 1.54) is 56.8 Å². The second kappa shape index (κ2) is 16.3. The average Bonchev–Trinajstić information content (AvgIpc) is 2.81. The van der Waals surface area contributed by atoms with E-state index in [0.717, 1.165) is 46.5 Å². The van der Waals surface area contributed by atoms with Gasteiger partial charge in [-0.05, 0) is 137 Å². The van der Waals surface area contributed by atoms with Crippen LogP contribution >= 0.6 is 77.0 Å². The molecule has 0 aliphatic carbocycles. The van der Waals surface area contributed by atoms with Crippen LogP contribution in [0.1, 0.15) is 79.1 Å². The Morgan fingerprint density at radius 2 is 1.06 bits per heavy atom. The van der Waals surface area contributed by atoms with Gasteiger partial charge in [-0.15, -0.1) is 0 Å². The first-order chi connectivity index (χ1) is 16.3. The second-order valence-electron chi connectivity index (χ2n) is 8.98. The van der Waals surface area contributed by atoms with Crippen LogP contribution in [0.2, 0.25) is 0 Å². The maximum absolute atomic E-state index is 6.34. The van der Waals surface area contributed by atoms with E-state index in [1.54, 1.807) is 0 Å². The fourth-order valence-corrected chi connectivity index (χ4v) is 7.19. The Bertz CT molecular complexity index is 831. The molecule has 0 fully saturated rings. The molecule has 2 rings (SSSR count). The van der Waals surface area contributed by atoms with E-state index in [9.17, 15) is 0 Å². The van der Waals surface area contributed by atoms with Gasteiger partial charge in [-0.1, -0.05) is 66.2 Å². The van der Waals surface area contributed by atoms with E-state index < -0.39 is 0 Å². The number of hydrogen-bond donors (Lipinski definition) is 0. The molecular formula is C28H38Br2I2O2. The molecule has 0 radical (unpaired) electrons. The standard InChI is InChI=1S/C28H38Br2I2O2/c1-5-9-11-19(7-3)17-33-27-13-21(25(31)15-23(27)29)22-14-28(24(30)16-26(22)32)34-18-20(8-4)12-10-6-2/h13-16,19-20H,5-12,17-18H2,1-4H3. The number of hydrogen-bond acceptors (Lipinski definition) is 2. The van der Waals surface area contributed by atoms with Gasteiger partial charge in [0.25, 0.3) is 0 Å². The number of ether oxygens (including phenoxy) is 2. The molecule has 0 aliphatic heterocycles. The third-order valence-corrected chi connectivity index (χ3v) is 9.39. The Kier molecular flexibility index (Phi) is 14.7. The monoisotopic (exact) mass is 818 g/mol. The summed E-state index contributed by atoms with van der Waals surface area (Å²) in [4.78, 5) is 0. The molecule has 2 unspecified atom stereocenters. The molecule has 0 saturated carbocycles. The highest BCUT2D eigenvalue weighted by molar-refractivity contribution is 14.1. The molecule has 0 heterocycles. The zero-order valence-corrected chi connectivity index (χ0v) is 28.4. The molecule has 0 saturated heterocycles. The van der Waals surface area contributed by atoms with Gasteiger partial charge in [-0.2, -0.15) is 0 Å². The number of rotatable bonds is 15. The Hall–Kier alpha value is 0.460. The number of halogens is 4. The summed E-state index contributed by atoms with van der Waals surface area (Å²) in [5.74, 6) is 3.03. The second-order valence-corrected chi connectivity index (χ2v) is 13.0. The zero-order valence-electron chi connectivity index (χ0n) is 20.9. The lowest BCUT2D eigenvalue weighted by molar-refractivity contribution is 0.232. The van der Waals surface area contributed by atoms with Crippen molar-refractivity contribution in [1.82, 2.24) is 0 Å².